The van der Waals surface area contributed by atoms with Crippen molar-refractivity contribution in [2.75, 3.05) is 19.5 Å². The fourth-order valence-corrected chi connectivity index (χ4v) is 0.813. The number of anilines is 1. The lowest BCUT2D eigenvalue weighted by Gasteiger charge is -2.02. The molecule has 6 nitrogen and oxygen atoms in total. The number of hydrogen-bond donors (Lipinski definition) is 2. The van der Waals surface area contributed by atoms with E-state index in [0.717, 1.165) is 0 Å². The first-order valence-electron chi connectivity index (χ1n) is 4.25. The van der Waals surface area contributed by atoms with Gasteiger partial charge in [-0.25, -0.2) is 0 Å². The van der Waals surface area contributed by atoms with E-state index < -0.39 is 4.92 Å². The van der Waals surface area contributed by atoms with Crippen molar-refractivity contribution < 1.29 is 14.8 Å². The molecule has 1 aromatic carbocycles. The molecule has 0 saturated heterocycles. The number of aliphatic hydroxyl groups is 1. The van der Waals surface area contributed by atoms with E-state index in [1.54, 1.807) is 6.92 Å². The van der Waals surface area contributed by atoms with Gasteiger partial charge in [0.25, 0.3) is 5.69 Å². The molecule has 0 spiro atoms. The van der Waals surface area contributed by atoms with Crippen LogP contribution in [0.3, 0.4) is 0 Å². The molecule has 0 aromatic heterocycles. The third-order valence-corrected chi connectivity index (χ3v) is 1.43. The Balaban J connectivity index is 0.000000583. The maximum absolute atomic E-state index is 10.3. The largest absolute Gasteiger partial charge is 0.494 e. The van der Waals surface area contributed by atoms with Gasteiger partial charge in [0, 0.05) is 12.7 Å². The van der Waals surface area contributed by atoms with E-state index in [-0.39, 0.29) is 12.3 Å². The molecule has 15 heavy (non-hydrogen) atoms. The number of nitrogens with zero attached hydrogens (tertiary/aromatic N) is 1. The fraction of sp³-hybridized carbons (Fsp3) is 0.333. The smallest absolute Gasteiger partial charge is 0.273 e. The molecule has 1 rings (SSSR count). The average Bonchev–Trinajstić information content (AvgIpc) is 2.19. The summed E-state index contributed by atoms with van der Waals surface area (Å²) in [5.41, 5.74) is 5.82. The number of non-ortho nitro benzene ring substituents is 1. The van der Waals surface area contributed by atoms with Gasteiger partial charge in [-0.2, -0.15) is 0 Å². The molecular weight excluding hydrogens is 200 g/mol. The van der Waals surface area contributed by atoms with E-state index in [1.807, 2.05) is 0 Å². The second-order valence-electron chi connectivity index (χ2n) is 2.50. The molecule has 0 aliphatic rings. The Hall–Kier alpha value is -1.82. The molecule has 0 aliphatic heterocycles. The molecular formula is C9H14N2O4. The second-order valence-corrected chi connectivity index (χ2v) is 2.50. The van der Waals surface area contributed by atoms with Crippen molar-refractivity contribution in [2.45, 2.75) is 6.92 Å². The number of nitro groups is 1. The first-order valence-corrected chi connectivity index (χ1v) is 4.25. The first kappa shape index (κ1) is 13.2. The van der Waals surface area contributed by atoms with Gasteiger partial charge in [-0.3, -0.25) is 10.1 Å². The minimum absolute atomic E-state index is 0.0268. The molecule has 0 amide bonds. The summed E-state index contributed by atoms with van der Waals surface area (Å²) in [5.74, 6) is 0.323. The minimum Gasteiger partial charge on any atom is -0.494 e. The Labute approximate surface area is 87.4 Å². The molecule has 0 atom stereocenters. The van der Waals surface area contributed by atoms with Gasteiger partial charge < -0.3 is 15.6 Å². The molecule has 0 unspecified atom stereocenters. The van der Waals surface area contributed by atoms with Crippen molar-refractivity contribution in [1.29, 1.82) is 0 Å². The van der Waals surface area contributed by atoms with Crippen LogP contribution in [0.25, 0.3) is 0 Å². The molecule has 0 saturated carbocycles. The fourth-order valence-electron chi connectivity index (χ4n) is 0.813. The van der Waals surface area contributed by atoms with Gasteiger partial charge in [0.1, 0.15) is 5.75 Å². The monoisotopic (exact) mass is 214 g/mol. The van der Waals surface area contributed by atoms with E-state index in [0.29, 0.717) is 11.4 Å². The lowest BCUT2D eigenvalue weighted by molar-refractivity contribution is -0.384. The highest BCUT2D eigenvalue weighted by atomic mass is 16.6. The molecule has 0 heterocycles. The molecule has 84 valence electrons. The molecule has 6 heteroatoms. The zero-order valence-corrected chi connectivity index (χ0v) is 8.64. The Kier molecular flexibility index (Phi) is 5.81. The summed E-state index contributed by atoms with van der Waals surface area (Å²) in [6.45, 7) is 1.93. The number of aliphatic hydroxyl groups excluding tert-OH is 1. The number of nitrogens with two attached hydrogens (primary N) is 1. The Morgan fingerprint density at radius 1 is 1.60 bits per heavy atom. The lowest BCUT2D eigenvalue weighted by atomic mass is 10.2. The summed E-state index contributed by atoms with van der Waals surface area (Å²) in [6, 6.07) is 4.06. The summed E-state index contributed by atoms with van der Waals surface area (Å²) < 4.78 is 4.81. The maximum atomic E-state index is 10.3. The molecule has 0 bridgehead atoms. The zero-order valence-electron chi connectivity index (χ0n) is 8.64. The van der Waals surface area contributed by atoms with Crippen LogP contribution >= 0.6 is 0 Å². The minimum atomic E-state index is -0.498. The number of nitro benzene ring substituents is 1. The Morgan fingerprint density at radius 2 is 2.13 bits per heavy atom. The van der Waals surface area contributed by atoms with Crippen LogP contribution in [0, 0.1) is 10.1 Å². The van der Waals surface area contributed by atoms with Crippen LogP contribution in [-0.4, -0.2) is 23.7 Å². The van der Waals surface area contributed by atoms with Crippen molar-refractivity contribution in [2.24, 2.45) is 0 Å². The van der Waals surface area contributed by atoms with Gasteiger partial charge in [-0.05, 0) is 13.0 Å². The van der Waals surface area contributed by atoms with Gasteiger partial charge in [0.15, 0.2) is 0 Å². The third-order valence-electron chi connectivity index (χ3n) is 1.43. The molecule has 0 radical (unpaired) electrons. The molecule has 3 N–H and O–H groups in total. The Morgan fingerprint density at radius 3 is 2.53 bits per heavy atom. The van der Waals surface area contributed by atoms with Crippen molar-refractivity contribution in [3.05, 3.63) is 28.3 Å². The van der Waals surface area contributed by atoms with Gasteiger partial charge in [0.2, 0.25) is 0 Å². The normalized spacial score (nSPS) is 8.73. The maximum Gasteiger partial charge on any atom is 0.273 e. The summed E-state index contributed by atoms with van der Waals surface area (Å²) in [4.78, 5) is 9.79. The topological polar surface area (TPSA) is 98.6 Å². The standard InChI is InChI=1S/C7H8N2O3.C2H6O/c1-12-7-4-5(9(10)11)2-3-6(7)8;1-2-3/h2-4H,8H2,1H3;3H,2H2,1H3. The SMILES string of the molecule is CCO.COc1cc([N+](=O)[O-])ccc1N. The Bertz CT molecular complexity index is 328. The number of benzene rings is 1. The van der Waals surface area contributed by atoms with E-state index in [9.17, 15) is 10.1 Å². The van der Waals surface area contributed by atoms with Crippen LogP contribution in [0.5, 0.6) is 5.75 Å². The summed E-state index contributed by atoms with van der Waals surface area (Å²) in [5, 5.41) is 17.9. The summed E-state index contributed by atoms with van der Waals surface area (Å²) in [7, 11) is 1.41. The predicted molar refractivity (Wildman–Crippen MR) is 56.8 cm³/mol. The zero-order chi connectivity index (χ0) is 11.8. The second kappa shape index (κ2) is 6.61. The number of methoxy groups -OCH3 is 1. The number of hydrogen-bond acceptors (Lipinski definition) is 5. The van der Waals surface area contributed by atoms with Crippen molar-refractivity contribution in [3.8, 4) is 5.75 Å². The van der Waals surface area contributed by atoms with Crippen LogP contribution in [0.2, 0.25) is 0 Å². The average molecular weight is 214 g/mol. The van der Waals surface area contributed by atoms with E-state index in [2.05, 4.69) is 0 Å². The van der Waals surface area contributed by atoms with E-state index in [4.69, 9.17) is 15.6 Å². The highest BCUT2D eigenvalue weighted by Gasteiger charge is 2.08. The predicted octanol–water partition coefficient (Wildman–Crippen LogP) is 1.18. The molecule has 0 fully saturated rings. The van der Waals surface area contributed by atoms with E-state index in [1.165, 1.54) is 25.3 Å². The van der Waals surface area contributed by atoms with Crippen LogP contribution < -0.4 is 10.5 Å². The van der Waals surface area contributed by atoms with Crippen molar-refractivity contribution in [1.82, 2.24) is 0 Å². The first-order chi connectivity index (χ1) is 7.06. The quantitative estimate of drug-likeness (QED) is 0.437. The third kappa shape index (κ3) is 4.28. The number of rotatable bonds is 2. The van der Waals surface area contributed by atoms with Gasteiger partial charge >= 0.3 is 0 Å². The highest BCUT2D eigenvalue weighted by molar-refractivity contribution is 5.57. The highest BCUT2D eigenvalue weighted by Crippen LogP contribution is 2.25. The van der Waals surface area contributed by atoms with Gasteiger partial charge in [-0.1, -0.05) is 0 Å². The van der Waals surface area contributed by atoms with Crippen LogP contribution in [0.15, 0.2) is 18.2 Å². The molecule has 0 aliphatic carbocycles. The molecule has 1 aromatic rings. The number of ether oxygens (including phenoxy) is 1. The van der Waals surface area contributed by atoms with E-state index >= 15 is 0 Å². The summed E-state index contributed by atoms with van der Waals surface area (Å²) >= 11 is 0. The van der Waals surface area contributed by atoms with Crippen LogP contribution in [0.4, 0.5) is 11.4 Å². The van der Waals surface area contributed by atoms with Gasteiger partial charge in [-0.15, -0.1) is 0 Å². The van der Waals surface area contributed by atoms with Crippen LogP contribution in [0.1, 0.15) is 6.92 Å². The van der Waals surface area contributed by atoms with Gasteiger partial charge in [0.05, 0.1) is 23.8 Å². The summed E-state index contributed by atoms with van der Waals surface area (Å²) in [6.07, 6.45) is 0. The van der Waals surface area contributed by atoms with Crippen molar-refractivity contribution in [3.63, 3.8) is 0 Å². The van der Waals surface area contributed by atoms with Crippen LogP contribution in [-0.2, 0) is 0 Å². The van der Waals surface area contributed by atoms with Crippen molar-refractivity contribution >= 4 is 11.4 Å². The lowest BCUT2D eigenvalue weighted by Crippen LogP contribution is -1.94. The number of nitrogen functional groups attached to an aromatic ring is 1.